The summed E-state index contributed by atoms with van der Waals surface area (Å²) in [4.78, 5) is 27.6. The Kier molecular flexibility index (Phi) is 6.61. The van der Waals surface area contributed by atoms with Gasteiger partial charge < -0.3 is 4.90 Å². The molecule has 2 saturated carbocycles. The fourth-order valence-electron chi connectivity index (χ4n) is 9.33. The van der Waals surface area contributed by atoms with E-state index in [4.69, 9.17) is 0 Å². The molecule has 1 aromatic rings. The lowest BCUT2D eigenvalue weighted by molar-refractivity contribution is -0.132. The van der Waals surface area contributed by atoms with Crippen LogP contribution < -0.4 is 4.90 Å². The van der Waals surface area contributed by atoms with Gasteiger partial charge in [0, 0.05) is 31.1 Å². The molecule has 4 aliphatic carbocycles. The van der Waals surface area contributed by atoms with E-state index in [-0.39, 0.29) is 17.4 Å². The van der Waals surface area contributed by atoms with Crippen molar-refractivity contribution >= 4 is 11.5 Å². The van der Waals surface area contributed by atoms with E-state index in [1.165, 1.54) is 35.2 Å². The van der Waals surface area contributed by atoms with Crippen LogP contribution in [-0.2, 0) is 4.79 Å². The maximum Gasteiger partial charge on any atom is 0.151 e. The summed E-state index contributed by atoms with van der Waals surface area (Å²) in [5.41, 5.74) is 6.53. The zero-order valence-corrected chi connectivity index (χ0v) is 23.4. The lowest BCUT2D eigenvalue weighted by Crippen LogP contribution is -2.50. The number of anilines is 1. The zero-order valence-electron chi connectivity index (χ0n) is 23.4. The first kappa shape index (κ1) is 25.6. The SMILES string of the molecule is CC#C[C@]1(C(=O)CC)CC[C@H]2[C@@H]3CCC4=CC(N=O)CCC4=C3C(c3ccc(N4CCCC4)cc3)C[C@@]21C. The molecule has 4 heteroatoms. The third-order valence-electron chi connectivity index (χ3n) is 11.1. The number of nitroso groups, excluding NO2 is 1. The van der Waals surface area contributed by atoms with Crippen LogP contribution in [0.15, 0.2) is 52.2 Å². The first-order valence-corrected chi connectivity index (χ1v) is 15.0. The summed E-state index contributed by atoms with van der Waals surface area (Å²) in [6, 6.07) is 9.21. The summed E-state index contributed by atoms with van der Waals surface area (Å²) >= 11 is 0. The van der Waals surface area contributed by atoms with Gasteiger partial charge in [0.15, 0.2) is 5.78 Å². The minimum Gasteiger partial charge on any atom is -0.372 e. The number of ketones is 1. The minimum absolute atomic E-state index is 0.140. The number of hydrogen-bond donors (Lipinski definition) is 0. The van der Waals surface area contributed by atoms with E-state index in [0.29, 0.717) is 24.0 Å². The second-order valence-electron chi connectivity index (χ2n) is 12.6. The van der Waals surface area contributed by atoms with Crippen LogP contribution in [0.5, 0.6) is 0 Å². The van der Waals surface area contributed by atoms with E-state index in [1.807, 2.05) is 13.8 Å². The van der Waals surface area contributed by atoms with E-state index in [9.17, 15) is 9.70 Å². The molecule has 5 aliphatic rings. The van der Waals surface area contributed by atoms with Crippen LogP contribution in [0, 0.1) is 39.4 Å². The number of hydrogen-bond acceptors (Lipinski definition) is 4. The van der Waals surface area contributed by atoms with Gasteiger partial charge in [-0.25, -0.2) is 0 Å². The first-order chi connectivity index (χ1) is 18.5. The Hall–Kier alpha value is -2.67. The van der Waals surface area contributed by atoms with Crippen molar-refractivity contribution in [1.29, 1.82) is 0 Å². The van der Waals surface area contributed by atoms with Gasteiger partial charge in [-0.2, -0.15) is 4.91 Å². The van der Waals surface area contributed by atoms with Gasteiger partial charge in [-0.3, -0.25) is 4.79 Å². The lowest BCUT2D eigenvalue weighted by Gasteiger charge is -2.55. The van der Waals surface area contributed by atoms with Crippen LogP contribution in [0.25, 0.3) is 0 Å². The van der Waals surface area contributed by atoms with Gasteiger partial charge in [0.2, 0.25) is 0 Å². The average Bonchev–Trinajstić information content (AvgIpc) is 3.59. The van der Waals surface area contributed by atoms with E-state index >= 15 is 0 Å². The van der Waals surface area contributed by atoms with Crippen molar-refractivity contribution in [3.63, 3.8) is 0 Å². The molecule has 1 aliphatic heterocycles. The van der Waals surface area contributed by atoms with E-state index < -0.39 is 5.41 Å². The highest BCUT2D eigenvalue weighted by Crippen LogP contribution is 2.69. The molecule has 1 heterocycles. The highest BCUT2D eigenvalue weighted by atomic mass is 16.3. The van der Waals surface area contributed by atoms with E-state index in [1.54, 1.807) is 5.57 Å². The highest BCUT2D eigenvalue weighted by Gasteiger charge is 2.65. The van der Waals surface area contributed by atoms with Crippen molar-refractivity contribution in [1.82, 2.24) is 0 Å². The van der Waals surface area contributed by atoms with Gasteiger partial charge in [0.1, 0.15) is 6.04 Å². The molecule has 0 aromatic heterocycles. The Bertz CT molecular complexity index is 1240. The van der Waals surface area contributed by atoms with Gasteiger partial charge in [0.25, 0.3) is 0 Å². The maximum absolute atomic E-state index is 13.7. The highest BCUT2D eigenvalue weighted by molar-refractivity contribution is 5.89. The third-order valence-corrected chi connectivity index (χ3v) is 11.1. The molecule has 6 atom stereocenters. The Morgan fingerprint density at radius 2 is 1.87 bits per heavy atom. The van der Waals surface area contributed by atoms with Crippen LogP contribution in [0.3, 0.4) is 0 Å². The molecule has 0 radical (unpaired) electrons. The largest absolute Gasteiger partial charge is 0.372 e. The van der Waals surface area contributed by atoms with Gasteiger partial charge in [0.05, 0.1) is 5.41 Å². The summed E-state index contributed by atoms with van der Waals surface area (Å²) in [7, 11) is 0. The summed E-state index contributed by atoms with van der Waals surface area (Å²) in [5.74, 6) is 8.34. The fourth-order valence-corrected chi connectivity index (χ4v) is 9.33. The van der Waals surface area contributed by atoms with Crippen molar-refractivity contribution in [3.8, 4) is 11.8 Å². The molecule has 1 aromatic carbocycles. The number of benzene rings is 1. The monoisotopic (exact) mass is 510 g/mol. The molecule has 3 fully saturated rings. The van der Waals surface area contributed by atoms with Crippen molar-refractivity contribution in [2.45, 2.75) is 96.9 Å². The molecule has 1 saturated heterocycles. The normalized spacial score (nSPS) is 36.0. The molecule has 38 heavy (non-hydrogen) atoms. The molecule has 2 unspecified atom stereocenters. The van der Waals surface area contributed by atoms with Crippen LogP contribution in [0.1, 0.15) is 96.5 Å². The predicted octanol–water partition coefficient (Wildman–Crippen LogP) is 7.74. The van der Waals surface area contributed by atoms with Gasteiger partial charge in [-0.1, -0.05) is 48.7 Å². The molecule has 200 valence electrons. The summed E-state index contributed by atoms with van der Waals surface area (Å²) in [6.45, 7) is 8.63. The molecule has 0 amide bonds. The van der Waals surface area contributed by atoms with E-state index in [0.717, 1.165) is 58.0 Å². The zero-order chi connectivity index (χ0) is 26.5. The molecule has 0 N–H and O–H groups in total. The topological polar surface area (TPSA) is 49.7 Å². The number of Topliss-reactive ketones (excluding diaryl/α,β-unsaturated/α-hetero) is 1. The van der Waals surface area contributed by atoms with Crippen molar-refractivity contribution in [3.05, 3.63) is 57.5 Å². The first-order valence-electron chi connectivity index (χ1n) is 15.0. The molecule has 0 bridgehead atoms. The molecular formula is C34H42N2O2. The summed E-state index contributed by atoms with van der Waals surface area (Å²) in [6.07, 6.45) is 12.1. The number of nitrogens with zero attached hydrogens (tertiary/aromatic N) is 2. The van der Waals surface area contributed by atoms with Crippen LogP contribution in [0.4, 0.5) is 5.69 Å². The van der Waals surface area contributed by atoms with Crippen LogP contribution in [-0.4, -0.2) is 24.9 Å². The third kappa shape index (κ3) is 3.75. The van der Waals surface area contributed by atoms with Crippen molar-refractivity contribution < 1.29 is 4.79 Å². The predicted molar refractivity (Wildman–Crippen MR) is 154 cm³/mol. The van der Waals surface area contributed by atoms with Crippen molar-refractivity contribution in [2.75, 3.05) is 18.0 Å². The number of fused-ring (bicyclic) bond motifs is 4. The molecule has 6 rings (SSSR count). The Labute approximate surface area is 228 Å². The standard InChI is InChI=1S/C34H42N2O2/c1-4-17-34(31(37)5-2)18-16-30-28-14-10-24-21-25(35-38)11-15-27(24)32(28)29(22-33(30,34)3)23-8-12-26(13-9-23)36-19-6-7-20-36/h8-9,12-13,21,25,28-30H,5-7,10-11,14-16,18-20,22H2,1-3H3/t25?,28-,29?,30-,33-,34+/m0/s1. The summed E-state index contributed by atoms with van der Waals surface area (Å²) < 4.78 is 0. The number of rotatable bonds is 5. The molecule has 4 nitrogen and oxygen atoms in total. The number of allylic oxidation sites excluding steroid dienone is 3. The van der Waals surface area contributed by atoms with Gasteiger partial charge in [-0.05, 0) is 111 Å². The Morgan fingerprint density at radius 1 is 1.11 bits per heavy atom. The smallest absolute Gasteiger partial charge is 0.151 e. The Morgan fingerprint density at radius 3 is 2.55 bits per heavy atom. The quantitative estimate of drug-likeness (QED) is 0.301. The second-order valence-corrected chi connectivity index (χ2v) is 12.6. The number of carbonyl (C=O) groups is 1. The van der Waals surface area contributed by atoms with Crippen LogP contribution in [0.2, 0.25) is 0 Å². The average molecular weight is 511 g/mol. The molecular weight excluding hydrogens is 468 g/mol. The fraction of sp³-hybridized carbons (Fsp3) is 0.618. The number of carbonyl (C=O) groups excluding carboxylic acids is 1. The van der Waals surface area contributed by atoms with Gasteiger partial charge in [-0.15, -0.1) is 5.92 Å². The second kappa shape index (κ2) is 9.82. The molecule has 0 spiro atoms. The van der Waals surface area contributed by atoms with Gasteiger partial charge >= 0.3 is 0 Å². The summed E-state index contributed by atoms with van der Waals surface area (Å²) in [5, 5.41) is 3.39. The Balaban J connectivity index is 1.48. The van der Waals surface area contributed by atoms with E-state index in [2.05, 4.69) is 59.2 Å². The minimum atomic E-state index is -0.541. The van der Waals surface area contributed by atoms with Crippen LogP contribution >= 0.6 is 0 Å². The van der Waals surface area contributed by atoms with Crippen molar-refractivity contribution in [2.24, 2.45) is 27.8 Å². The maximum atomic E-state index is 13.7. The lowest BCUT2D eigenvalue weighted by atomic mass is 9.48.